The minimum absolute atomic E-state index is 0.0564. The fourth-order valence-electron chi connectivity index (χ4n) is 2.25. The molecule has 3 rings (SSSR count). The second kappa shape index (κ2) is 7.68. The lowest BCUT2D eigenvalue weighted by atomic mass is 10.2. The highest BCUT2D eigenvalue weighted by Crippen LogP contribution is 2.23. The summed E-state index contributed by atoms with van der Waals surface area (Å²) in [5.41, 5.74) is 2.87. The van der Waals surface area contributed by atoms with Gasteiger partial charge in [0.15, 0.2) is 0 Å². The van der Waals surface area contributed by atoms with Crippen LogP contribution in [-0.2, 0) is 17.8 Å². The number of thiazole rings is 1. The van der Waals surface area contributed by atoms with Crippen LogP contribution in [0.1, 0.15) is 11.3 Å². The van der Waals surface area contributed by atoms with Crippen LogP contribution in [0, 0.1) is 0 Å². The standard InChI is InChI=1S/C18H16BrN3OS/c1-22(11-13-4-6-15(19)7-5-13)17(23)9-16-12-24-18(21-16)14-3-2-8-20-10-14/h2-8,10,12H,9,11H2,1H3. The first-order chi connectivity index (χ1) is 11.6. The van der Waals surface area contributed by atoms with E-state index in [9.17, 15) is 4.79 Å². The molecular weight excluding hydrogens is 386 g/mol. The van der Waals surface area contributed by atoms with Gasteiger partial charge in [0.2, 0.25) is 5.91 Å². The van der Waals surface area contributed by atoms with Gasteiger partial charge in [-0.25, -0.2) is 4.98 Å². The van der Waals surface area contributed by atoms with Crippen molar-refractivity contribution in [2.45, 2.75) is 13.0 Å². The molecule has 0 atom stereocenters. The SMILES string of the molecule is CN(Cc1ccc(Br)cc1)C(=O)Cc1csc(-c2cccnc2)n1. The van der Waals surface area contributed by atoms with E-state index >= 15 is 0 Å². The van der Waals surface area contributed by atoms with Gasteiger partial charge in [0, 0.05) is 41.4 Å². The largest absolute Gasteiger partial charge is 0.341 e. The van der Waals surface area contributed by atoms with Crippen LogP contribution in [-0.4, -0.2) is 27.8 Å². The van der Waals surface area contributed by atoms with E-state index in [2.05, 4.69) is 25.9 Å². The van der Waals surface area contributed by atoms with Crippen LogP contribution in [0.5, 0.6) is 0 Å². The highest BCUT2D eigenvalue weighted by atomic mass is 79.9. The third kappa shape index (κ3) is 4.27. The van der Waals surface area contributed by atoms with Gasteiger partial charge in [-0.3, -0.25) is 9.78 Å². The van der Waals surface area contributed by atoms with E-state index in [4.69, 9.17) is 0 Å². The molecule has 0 aliphatic rings. The van der Waals surface area contributed by atoms with Gasteiger partial charge in [0.05, 0.1) is 12.1 Å². The summed E-state index contributed by atoms with van der Waals surface area (Å²) in [6.07, 6.45) is 3.83. The second-order valence-electron chi connectivity index (χ2n) is 5.44. The molecule has 0 fully saturated rings. The summed E-state index contributed by atoms with van der Waals surface area (Å²) in [6.45, 7) is 0.589. The lowest BCUT2D eigenvalue weighted by molar-refractivity contribution is -0.129. The molecule has 0 N–H and O–H groups in total. The summed E-state index contributed by atoms with van der Waals surface area (Å²) < 4.78 is 1.03. The predicted octanol–water partition coefficient (Wildman–Crippen LogP) is 4.17. The van der Waals surface area contributed by atoms with Crippen molar-refractivity contribution in [2.24, 2.45) is 0 Å². The molecule has 1 aromatic carbocycles. The minimum atomic E-state index is 0.0564. The number of aromatic nitrogens is 2. The summed E-state index contributed by atoms with van der Waals surface area (Å²) >= 11 is 4.95. The zero-order chi connectivity index (χ0) is 16.9. The van der Waals surface area contributed by atoms with Gasteiger partial charge >= 0.3 is 0 Å². The molecule has 0 bridgehead atoms. The Morgan fingerprint density at radius 2 is 2.04 bits per heavy atom. The molecule has 24 heavy (non-hydrogen) atoms. The highest BCUT2D eigenvalue weighted by Gasteiger charge is 2.13. The van der Waals surface area contributed by atoms with E-state index in [0.717, 1.165) is 26.3 Å². The van der Waals surface area contributed by atoms with Gasteiger partial charge in [-0.05, 0) is 29.8 Å². The van der Waals surface area contributed by atoms with Crippen LogP contribution in [0.15, 0.2) is 58.6 Å². The van der Waals surface area contributed by atoms with E-state index in [0.29, 0.717) is 13.0 Å². The summed E-state index contributed by atoms with van der Waals surface area (Å²) in [5.74, 6) is 0.0564. The molecule has 122 valence electrons. The Morgan fingerprint density at radius 1 is 1.25 bits per heavy atom. The van der Waals surface area contributed by atoms with Crippen LogP contribution in [0.2, 0.25) is 0 Å². The van der Waals surface area contributed by atoms with Crippen molar-refractivity contribution in [1.82, 2.24) is 14.9 Å². The third-order valence-electron chi connectivity index (χ3n) is 3.55. The fourth-order valence-corrected chi connectivity index (χ4v) is 3.33. The molecule has 1 amide bonds. The number of hydrogen-bond donors (Lipinski definition) is 0. The van der Waals surface area contributed by atoms with E-state index in [1.807, 2.05) is 48.8 Å². The zero-order valence-corrected chi connectivity index (χ0v) is 15.5. The Balaban J connectivity index is 1.62. The first kappa shape index (κ1) is 16.8. The van der Waals surface area contributed by atoms with Gasteiger partial charge in [-0.15, -0.1) is 11.3 Å². The maximum atomic E-state index is 12.4. The van der Waals surface area contributed by atoms with Crippen LogP contribution < -0.4 is 0 Å². The van der Waals surface area contributed by atoms with Crippen molar-refractivity contribution in [1.29, 1.82) is 0 Å². The molecule has 0 saturated heterocycles. The number of carbonyl (C=O) groups is 1. The molecule has 0 spiro atoms. The highest BCUT2D eigenvalue weighted by molar-refractivity contribution is 9.10. The van der Waals surface area contributed by atoms with Crippen molar-refractivity contribution in [2.75, 3.05) is 7.05 Å². The van der Waals surface area contributed by atoms with E-state index in [1.165, 1.54) is 11.3 Å². The Kier molecular flexibility index (Phi) is 5.37. The van der Waals surface area contributed by atoms with E-state index < -0.39 is 0 Å². The molecule has 2 aromatic heterocycles. The summed E-state index contributed by atoms with van der Waals surface area (Å²) in [5, 5.41) is 2.83. The Bertz CT molecular complexity index is 818. The number of nitrogens with zero attached hydrogens (tertiary/aromatic N) is 3. The van der Waals surface area contributed by atoms with E-state index in [-0.39, 0.29) is 5.91 Å². The fraction of sp³-hybridized carbons (Fsp3) is 0.167. The molecular formula is C18H16BrN3OS. The lowest BCUT2D eigenvalue weighted by Gasteiger charge is -2.16. The van der Waals surface area contributed by atoms with Crippen LogP contribution in [0.25, 0.3) is 10.6 Å². The number of hydrogen-bond acceptors (Lipinski definition) is 4. The second-order valence-corrected chi connectivity index (χ2v) is 7.21. The van der Waals surface area contributed by atoms with Crippen molar-refractivity contribution in [3.05, 3.63) is 69.9 Å². The summed E-state index contributed by atoms with van der Waals surface area (Å²) in [7, 11) is 1.82. The molecule has 0 unspecified atom stereocenters. The minimum Gasteiger partial charge on any atom is -0.341 e. The van der Waals surface area contributed by atoms with Crippen molar-refractivity contribution < 1.29 is 4.79 Å². The van der Waals surface area contributed by atoms with Gasteiger partial charge in [-0.1, -0.05) is 28.1 Å². The van der Waals surface area contributed by atoms with Crippen LogP contribution in [0.4, 0.5) is 0 Å². The van der Waals surface area contributed by atoms with Gasteiger partial charge < -0.3 is 4.90 Å². The maximum absolute atomic E-state index is 12.4. The van der Waals surface area contributed by atoms with Crippen molar-refractivity contribution in [3.63, 3.8) is 0 Å². The van der Waals surface area contributed by atoms with Gasteiger partial charge in [0.25, 0.3) is 0 Å². The number of amides is 1. The zero-order valence-electron chi connectivity index (χ0n) is 13.1. The van der Waals surface area contributed by atoms with E-state index in [1.54, 1.807) is 17.3 Å². The number of carbonyl (C=O) groups excluding carboxylic acids is 1. The van der Waals surface area contributed by atoms with Crippen LogP contribution >= 0.6 is 27.3 Å². The molecule has 3 aromatic rings. The Hall–Kier alpha value is -2.05. The molecule has 0 aliphatic heterocycles. The number of likely N-dealkylation sites (N-methyl/N-ethyl adjacent to an activating group) is 1. The van der Waals surface area contributed by atoms with Crippen LogP contribution in [0.3, 0.4) is 0 Å². The number of pyridine rings is 1. The van der Waals surface area contributed by atoms with Crippen molar-refractivity contribution in [3.8, 4) is 10.6 Å². The summed E-state index contributed by atoms with van der Waals surface area (Å²) in [4.78, 5) is 22.8. The number of rotatable bonds is 5. The molecule has 0 aliphatic carbocycles. The van der Waals surface area contributed by atoms with Gasteiger partial charge in [-0.2, -0.15) is 0 Å². The summed E-state index contributed by atoms with van der Waals surface area (Å²) in [6, 6.07) is 11.8. The molecule has 0 saturated carbocycles. The molecule has 0 radical (unpaired) electrons. The predicted molar refractivity (Wildman–Crippen MR) is 99.7 cm³/mol. The maximum Gasteiger partial charge on any atom is 0.228 e. The van der Waals surface area contributed by atoms with Crippen molar-refractivity contribution >= 4 is 33.2 Å². The quantitative estimate of drug-likeness (QED) is 0.644. The topological polar surface area (TPSA) is 46.1 Å². The number of halogens is 1. The lowest BCUT2D eigenvalue weighted by Crippen LogP contribution is -2.27. The molecule has 4 nitrogen and oxygen atoms in total. The number of benzene rings is 1. The molecule has 2 heterocycles. The average Bonchev–Trinajstić information content (AvgIpc) is 3.06. The normalized spacial score (nSPS) is 10.6. The molecule has 6 heteroatoms. The third-order valence-corrected chi connectivity index (χ3v) is 5.02. The average molecular weight is 402 g/mol. The first-order valence-electron chi connectivity index (χ1n) is 7.45. The monoisotopic (exact) mass is 401 g/mol. The smallest absolute Gasteiger partial charge is 0.228 e. The Morgan fingerprint density at radius 3 is 2.75 bits per heavy atom. The Labute approximate surface area is 153 Å². The first-order valence-corrected chi connectivity index (χ1v) is 9.12. The van der Waals surface area contributed by atoms with Gasteiger partial charge in [0.1, 0.15) is 5.01 Å².